The molecule has 1 fully saturated rings. The number of aliphatic hydroxyl groups is 1. The zero-order valence-electron chi connectivity index (χ0n) is 8.75. The van der Waals surface area contributed by atoms with E-state index in [1.807, 2.05) is 6.07 Å². The Balaban J connectivity index is 2.29. The maximum Gasteiger partial charge on any atom is 0.0847 e. The first-order valence-corrected chi connectivity index (χ1v) is 5.15. The summed E-state index contributed by atoms with van der Waals surface area (Å²) in [6, 6.07) is 6.18. The van der Waals surface area contributed by atoms with Crippen LogP contribution in [0.1, 0.15) is 22.8 Å². The van der Waals surface area contributed by atoms with Crippen LogP contribution in [0.3, 0.4) is 0 Å². The molecule has 2 N–H and O–H groups in total. The Bertz CT molecular complexity index is 311. The van der Waals surface area contributed by atoms with Crippen LogP contribution in [-0.2, 0) is 0 Å². The van der Waals surface area contributed by atoms with Crippen LogP contribution < -0.4 is 5.32 Å². The van der Waals surface area contributed by atoms with Crippen molar-refractivity contribution in [3.05, 3.63) is 34.9 Å². The highest BCUT2D eigenvalue weighted by molar-refractivity contribution is 5.35. The van der Waals surface area contributed by atoms with Crippen LogP contribution in [0.2, 0.25) is 0 Å². The minimum atomic E-state index is -0.294. The van der Waals surface area contributed by atoms with Gasteiger partial charge in [-0.2, -0.15) is 0 Å². The topological polar surface area (TPSA) is 32.3 Å². The predicted molar refractivity (Wildman–Crippen MR) is 57.2 cm³/mol. The number of hydrogen-bond donors (Lipinski definition) is 2. The molecule has 1 unspecified atom stereocenters. The Hall–Kier alpha value is -0.860. The van der Waals surface area contributed by atoms with Crippen LogP contribution in [0.4, 0.5) is 0 Å². The van der Waals surface area contributed by atoms with Crippen molar-refractivity contribution in [2.75, 3.05) is 13.1 Å². The zero-order valence-corrected chi connectivity index (χ0v) is 8.75. The molecule has 1 aliphatic heterocycles. The quantitative estimate of drug-likeness (QED) is 0.743. The fourth-order valence-corrected chi connectivity index (χ4v) is 2.06. The van der Waals surface area contributed by atoms with Gasteiger partial charge in [0.05, 0.1) is 6.10 Å². The van der Waals surface area contributed by atoms with E-state index in [1.165, 1.54) is 11.1 Å². The fraction of sp³-hybridized carbons (Fsp3) is 0.500. The standard InChI is InChI=1S/C12H17NO/c1-8-4-3-5-9(2)11(8)12(14)10-6-13-7-10/h3-5,10,12-14H,6-7H2,1-2H3. The Kier molecular flexibility index (Phi) is 2.57. The third kappa shape index (κ3) is 1.56. The average molecular weight is 191 g/mol. The van der Waals surface area contributed by atoms with E-state index in [0.717, 1.165) is 18.7 Å². The lowest BCUT2D eigenvalue weighted by molar-refractivity contribution is 0.0757. The van der Waals surface area contributed by atoms with Gasteiger partial charge in [-0.3, -0.25) is 0 Å². The number of aryl methyl sites for hydroxylation is 2. The van der Waals surface area contributed by atoms with Crippen LogP contribution in [-0.4, -0.2) is 18.2 Å². The highest BCUT2D eigenvalue weighted by Crippen LogP contribution is 2.29. The van der Waals surface area contributed by atoms with Gasteiger partial charge in [0.15, 0.2) is 0 Å². The number of nitrogens with one attached hydrogen (secondary N) is 1. The van der Waals surface area contributed by atoms with Gasteiger partial charge in [0.25, 0.3) is 0 Å². The molecule has 0 bridgehead atoms. The van der Waals surface area contributed by atoms with Crippen molar-refractivity contribution in [2.24, 2.45) is 5.92 Å². The normalized spacial score (nSPS) is 19.1. The third-order valence-electron chi connectivity index (χ3n) is 3.10. The molecule has 76 valence electrons. The molecule has 1 saturated heterocycles. The molecule has 0 spiro atoms. The SMILES string of the molecule is Cc1cccc(C)c1C(O)C1CNC1. The summed E-state index contributed by atoms with van der Waals surface area (Å²) in [6.45, 7) is 6.01. The molecule has 1 aromatic rings. The minimum Gasteiger partial charge on any atom is -0.388 e. The predicted octanol–water partition coefficient (Wildman–Crippen LogP) is 1.56. The summed E-state index contributed by atoms with van der Waals surface area (Å²) in [5, 5.41) is 13.4. The highest BCUT2D eigenvalue weighted by Gasteiger charge is 2.28. The Labute approximate surface area is 85.0 Å². The molecule has 0 aliphatic carbocycles. The molecule has 1 aromatic carbocycles. The molecule has 1 aliphatic rings. The first-order valence-electron chi connectivity index (χ1n) is 5.15. The molecule has 2 heteroatoms. The van der Waals surface area contributed by atoms with E-state index >= 15 is 0 Å². The summed E-state index contributed by atoms with van der Waals surface area (Å²) in [7, 11) is 0. The van der Waals surface area contributed by atoms with E-state index in [1.54, 1.807) is 0 Å². The van der Waals surface area contributed by atoms with Crippen LogP contribution in [0.25, 0.3) is 0 Å². The van der Waals surface area contributed by atoms with Gasteiger partial charge >= 0.3 is 0 Å². The minimum absolute atomic E-state index is 0.294. The molecule has 1 atom stereocenters. The van der Waals surface area contributed by atoms with Gasteiger partial charge < -0.3 is 10.4 Å². The number of rotatable bonds is 2. The van der Waals surface area contributed by atoms with E-state index in [9.17, 15) is 5.11 Å². The zero-order chi connectivity index (χ0) is 10.1. The third-order valence-corrected chi connectivity index (χ3v) is 3.10. The number of hydrogen-bond acceptors (Lipinski definition) is 2. The molecular formula is C12H17NO. The van der Waals surface area contributed by atoms with Crippen LogP contribution in [0.15, 0.2) is 18.2 Å². The summed E-state index contributed by atoms with van der Waals surface area (Å²) in [4.78, 5) is 0. The van der Waals surface area contributed by atoms with Crippen molar-refractivity contribution >= 4 is 0 Å². The van der Waals surface area contributed by atoms with Crippen molar-refractivity contribution in [1.82, 2.24) is 5.32 Å². The lowest BCUT2D eigenvalue weighted by Crippen LogP contribution is -2.45. The first kappa shape index (κ1) is 9.69. The lowest BCUT2D eigenvalue weighted by Gasteiger charge is -2.33. The Morgan fingerprint density at radius 1 is 1.29 bits per heavy atom. The van der Waals surface area contributed by atoms with Crippen LogP contribution in [0, 0.1) is 19.8 Å². The summed E-state index contributed by atoms with van der Waals surface area (Å²) >= 11 is 0. The van der Waals surface area contributed by atoms with Gasteiger partial charge in [0.2, 0.25) is 0 Å². The smallest absolute Gasteiger partial charge is 0.0847 e. The number of benzene rings is 1. The molecule has 0 amide bonds. The van der Waals surface area contributed by atoms with E-state index in [0.29, 0.717) is 5.92 Å². The molecular weight excluding hydrogens is 174 g/mol. The number of aliphatic hydroxyl groups excluding tert-OH is 1. The Morgan fingerprint density at radius 2 is 1.86 bits per heavy atom. The van der Waals surface area contributed by atoms with Gasteiger partial charge in [0.1, 0.15) is 0 Å². The van der Waals surface area contributed by atoms with Gasteiger partial charge in [-0.15, -0.1) is 0 Å². The second kappa shape index (κ2) is 3.71. The van der Waals surface area contributed by atoms with Crippen molar-refractivity contribution in [1.29, 1.82) is 0 Å². The van der Waals surface area contributed by atoms with Crippen LogP contribution >= 0.6 is 0 Å². The monoisotopic (exact) mass is 191 g/mol. The first-order chi connectivity index (χ1) is 6.70. The second-order valence-corrected chi connectivity index (χ2v) is 4.17. The van der Waals surface area contributed by atoms with Crippen molar-refractivity contribution in [2.45, 2.75) is 20.0 Å². The summed E-state index contributed by atoms with van der Waals surface area (Å²) < 4.78 is 0. The van der Waals surface area contributed by atoms with Crippen molar-refractivity contribution in [3.8, 4) is 0 Å². The van der Waals surface area contributed by atoms with E-state index < -0.39 is 0 Å². The van der Waals surface area contributed by atoms with E-state index in [4.69, 9.17) is 0 Å². The van der Waals surface area contributed by atoms with E-state index in [2.05, 4.69) is 31.3 Å². The highest BCUT2D eigenvalue weighted by atomic mass is 16.3. The molecule has 0 aromatic heterocycles. The molecule has 0 saturated carbocycles. The van der Waals surface area contributed by atoms with Gasteiger partial charge in [-0.1, -0.05) is 18.2 Å². The lowest BCUT2D eigenvalue weighted by atomic mass is 9.86. The molecule has 0 radical (unpaired) electrons. The second-order valence-electron chi connectivity index (χ2n) is 4.17. The molecule has 2 rings (SSSR count). The Morgan fingerprint density at radius 3 is 2.29 bits per heavy atom. The van der Waals surface area contributed by atoms with Gasteiger partial charge in [-0.25, -0.2) is 0 Å². The fourth-order valence-electron chi connectivity index (χ4n) is 2.06. The molecule has 1 heterocycles. The summed E-state index contributed by atoms with van der Waals surface area (Å²) in [5.74, 6) is 0.398. The van der Waals surface area contributed by atoms with Crippen LogP contribution in [0.5, 0.6) is 0 Å². The summed E-state index contributed by atoms with van der Waals surface area (Å²) in [6.07, 6.45) is -0.294. The van der Waals surface area contributed by atoms with Crippen molar-refractivity contribution < 1.29 is 5.11 Å². The summed E-state index contributed by atoms with van der Waals surface area (Å²) in [5.41, 5.74) is 3.52. The van der Waals surface area contributed by atoms with Crippen molar-refractivity contribution in [3.63, 3.8) is 0 Å². The molecule has 14 heavy (non-hydrogen) atoms. The largest absolute Gasteiger partial charge is 0.388 e. The van der Waals surface area contributed by atoms with E-state index in [-0.39, 0.29) is 6.10 Å². The molecule has 2 nitrogen and oxygen atoms in total. The average Bonchev–Trinajstić information content (AvgIpc) is 2.00. The van der Waals surface area contributed by atoms with Gasteiger partial charge in [0, 0.05) is 19.0 Å². The maximum absolute atomic E-state index is 10.2. The maximum atomic E-state index is 10.2. The van der Waals surface area contributed by atoms with Gasteiger partial charge in [-0.05, 0) is 30.5 Å².